The molecule has 152 valence electrons. The summed E-state index contributed by atoms with van der Waals surface area (Å²) in [6, 6.07) is 15.0. The molecule has 0 amide bonds. The maximum atomic E-state index is 12.5. The summed E-state index contributed by atoms with van der Waals surface area (Å²) in [5, 5.41) is 0. The van der Waals surface area contributed by atoms with Crippen molar-refractivity contribution in [1.29, 1.82) is 0 Å². The van der Waals surface area contributed by atoms with Gasteiger partial charge in [-0.1, -0.05) is 17.7 Å². The summed E-state index contributed by atoms with van der Waals surface area (Å²) in [6.07, 6.45) is 5.08. The summed E-state index contributed by atoms with van der Waals surface area (Å²) in [6.45, 7) is 3.68. The van der Waals surface area contributed by atoms with Crippen LogP contribution in [0.25, 0.3) is 5.82 Å². The van der Waals surface area contributed by atoms with Gasteiger partial charge in [-0.2, -0.15) is 4.98 Å². The average Bonchev–Trinajstić information content (AvgIpc) is 3.24. The highest BCUT2D eigenvalue weighted by molar-refractivity contribution is 7.92. The van der Waals surface area contributed by atoms with Crippen LogP contribution < -0.4 is 9.46 Å². The molecule has 0 bridgehead atoms. The van der Waals surface area contributed by atoms with Gasteiger partial charge in [0.1, 0.15) is 23.7 Å². The molecule has 0 aliphatic heterocycles. The van der Waals surface area contributed by atoms with Crippen molar-refractivity contribution in [3.8, 4) is 17.4 Å². The lowest BCUT2D eigenvalue weighted by Crippen LogP contribution is -2.12. The Labute approximate surface area is 174 Å². The topological polar surface area (TPSA) is 99.0 Å². The van der Waals surface area contributed by atoms with E-state index in [2.05, 4.69) is 19.7 Å². The zero-order chi connectivity index (χ0) is 21.1. The second kappa shape index (κ2) is 7.96. The lowest BCUT2D eigenvalue weighted by molar-refractivity contribution is 0.459. The van der Waals surface area contributed by atoms with Gasteiger partial charge >= 0.3 is 0 Å². The molecule has 8 nitrogen and oxygen atoms in total. The fourth-order valence-corrected chi connectivity index (χ4v) is 3.81. The largest absolute Gasteiger partial charge is 0.439 e. The minimum Gasteiger partial charge on any atom is -0.439 e. The Bertz CT molecular complexity index is 1250. The molecule has 2 heterocycles. The summed E-state index contributed by atoms with van der Waals surface area (Å²) < 4.78 is 35.2. The van der Waals surface area contributed by atoms with Gasteiger partial charge in [-0.05, 0) is 50.2 Å². The number of ether oxygens (including phenoxy) is 1. The van der Waals surface area contributed by atoms with Gasteiger partial charge < -0.3 is 4.74 Å². The maximum absolute atomic E-state index is 12.5. The molecule has 0 saturated carbocycles. The molecule has 0 atom stereocenters. The van der Waals surface area contributed by atoms with E-state index in [1.54, 1.807) is 84.8 Å². The third kappa shape index (κ3) is 4.47. The molecule has 0 aliphatic rings. The molecule has 0 unspecified atom stereocenters. The van der Waals surface area contributed by atoms with Crippen LogP contribution in [0.2, 0.25) is 0 Å². The molecule has 0 aliphatic carbocycles. The first-order chi connectivity index (χ1) is 14.4. The van der Waals surface area contributed by atoms with Gasteiger partial charge in [0.25, 0.3) is 10.0 Å². The minimum atomic E-state index is -3.66. The highest BCUT2D eigenvalue weighted by atomic mass is 32.2. The van der Waals surface area contributed by atoms with Crippen molar-refractivity contribution in [3.05, 3.63) is 84.7 Å². The summed E-state index contributed by atoms with van der Waals surface area (Å²) in [7, 11) is -3.66. The number of aryl methyl sites for hydroxylation is 2. The van der Waals surface area contributed by atoms with E-state index >= 15 is 0 Å². The summed E-state index contributed by atoms with van der Waals surface area (Å²) in [4.78, 5) is 12.9. The Morgan fingerprint density at radius 3 is 2.37 bits per heavy atom. The van der Waals surface area contributed by atoms with Crippen molar-refractivity contribution >= 4 is 15.7 Å². The molecule has 0 saturated heterocycles. The van der Waals surface area contributed by atoms with Crippen LogP contribution in [0.4, 0.5) is 5.69 Å². The lowest BCUT2D eigenvalue weighted by atomic mass is 10.2. The summed E-state index contributed by atoms with van der Waals surface area (Å²) in [5.41, 5.74) is 1.42. The zero-order valence-electron chi connectivity index (χ0n) is 16.4. The van der Waals surface area contributed by atoms with E-state index in [0.717, 1.165) is 5.56 Å². The van der Waals surface area contributed by atoms with E-state index < -0.39 is 10.0 Å². The summed E-state index contributed by atoms with van der Waals surface area (Å²) in [5.74, 6) is 2.08. The van der Waals surface area contributed by atoms with Crippen molar-refractivity contribution in [3.63, 3.8) is 0 Å². The minimum absolute atomic E-state index is 0.205. The monoisotopic (exact) mass is 421 g/mol. The number of anilines is 1. The molecule has 4 rings (SSSR count). The van der Waals surface area contributed by atoms with Crippen LogP contribution in [0.1, 0.15) is 11.4 Å². The lowest BCUT2D eigenvalue weighted by Gasteiger charge is -2.10. The highest BCUT2D eigenvalue weighted by Gasteiger charge is 2.14. The van der Waals surface area contributed by atoms with Gasteiger partial charge in [0.05, 0.1) is 4.90 Å². The fraction of sp³-hybridized carbons (Fsp3) is 0.0952. The Balaban J connectivity index is 1.50. The zero-order valence-corrected chi connectivity index (χ0v) is 17.2. The Kier molecular flexibility index (Phi) is 5.20. The van der Waals surface area contributed by atoms with Crippen LogP contribution in [0.3, 0.4) is 0 Å². The van der Waals surface area contributed by atoms with Crippen LogP contribution in [0.5, 0.6) is 11.6 Å². The smallest absolute Gasteiger partial charge is 0.261 e. The standard InChI is InChI=1S/C21H19N5O3S/c1-15-3-9-19(10-4-15)30(27,28)25-17-5-7-18(8-6-17)29-21-13-20(23-16(2)24-21)26-12-11-22-14-26/h3-14,25H,1-2H3. The van der Waals surface area contributed by atoms with Gasteiger partial charge in [-0.3, -0.25) is 9.29 Å². The van der Waals surface area contributed by atoms with Crippen LogP contribution in [-0.2, 0) is 10.0 Å². The van der Waals surface area contributed by atoms with Crippen molar-refractivity contribution in [2.45, 2.75) is 18.7 Å². The number of hydrogen-bond acceptors (Lipinski definition) is 6. The van der Waals surface area contributed by atoms with Crippen molar-refractivity contribution in [2.75, 3.05) is 4.72 Å². The third-order valence-corrected chi connectivity index (χ3v) is 5.63. The third-order valence-electron chi connectivity index (χ3n) is 4.23. The van der Waals surface area contributed by atoms with E-state index in [9.17, 15) is 8.42 Å². The number of benzene rings is 2. The number of sulfonamides is 1. The number of nitrogens with zero attached hydrogens (tertiary/aromatic N) is 4. The van der Waals surface area contributed by atoms with Crippen molar-refractivity contribution in [2.24, 2.45) is 0 Å². The molecule has 4 aromatic rings. The molecule has 30 heavy (non-hydrogen) atoms. The second-order valence-corrected chi connectivity index (χ2v) is 8.31. The molecular weight excluding hydrogens is 402 g/mol. The molecule has 1 N–H and O–H groups in total. The van der Waals surface area contributed by atoms with Gasteiger partial charge in [0.15, 0.2) is 0 Å². The van der Waals surface area contributed by atoms with Crippen molar-refractivity contribution in [1.82, 2.24) is 19.5 Å². The average molecular weight is 421 g/mol. The summed E-state index contributed by atoms with van der Waals surface area (Å²) >= 11 is 0. The Morgan fingerprint density at radius 1 is 0.967 bits per heavy atom. The predicted molar refractivity (Wildman–Crippen MR) is 112 cm³/mol. The van der Waals surface area contributed by atoms with Crippen LogP contribution >= 0.6 is 0 Å². The highest BCUT2D eigenvalue weighted by Crippen LogP contribution is 2.24. The second-order valence-electron chi connectivity index (χ2n) is 6.63. The predicted octanol–water partition coefficient (Wildman–Crippen LogP) is 3.87. The van der Waals surface area contributed by atoms with Gasteiger partial charge in [-0.25, -0.2) is 18.4 Å². The van der Waals surface area contributed by atoms with E-state index in [1.807, 2.05) is 6.92 Å². The number of nitrogens with one attached hydrogen (secondary N) is 1. The molecular formula is C21H19N5O3S. The molecule has 2 aromatic heterocycles. The van der Waals surface area contributed by atoms with Gasteiger partial charge in [0.2, 0.25) is 5.88 Å². The van der Waals surface area contributed by atoms with Crippen LogP contribution in [0.15, 0.2) is 78.2 Å². The molecule has 0 fully saturated rings. The van der Waals surface area contributed by atoms with Crippen LogP contribution in [0, 0.1) is 13.8 Å². The van der Waals surface area contributed by atoms with E-state index in [4.69, 9.17) is 4.74 Å². The number of hydrogen-bond donors (Lipinski definition) is 1. The van der Waals surface area contributed by atoms with Gasteiger partial charge in [0, 0.05) is 24.1 Å². The Hall–Kier alpha value is -3.72. The van der Waals surface area contributed by atoms with E-state index in [-0.39, 0.29) is 4.90 Å². The first-order valence-electron chi connectivity index (χ1n) is 9.10. The normalized spacial score (nSPS) is 11.3. The molecule has 0 radical (unpaired) electrons. The number of imidazole rings is 1. The van der Waals surface area contributed by atoms with Crippen molar-refractivity contribution < 1.29 is 13.2 Å². The maximum Gasteiger partial charge on any atom is 0.261 e. The number of aromatic nitrogens is 4. The number of rotatable bonds is 6. The van der Waals surface area contributed by atoms with E-state index in [0.29, 0.717) is 29.0 Å². The van der Waals surface area contributed by atoms with Gasteiger partial charge in [-0.15, -0.1) is 0 Å². The fourth-order valence-electron chi connectivity index (χ4n) is 2.75. The first kappa shape index (κ1) is 19.6. The Morgan fingerprint density at radius 2 is 1.70 bits per heavy atom. The quantitative estimate of drug-likeness (QED) is 0.507. The SMILES string of the molecule is Cc1ccc(S(=O)(=O)Nc2ccc(Oc3cc(-n4ccnc4)nc(C)n3)cc2)cc1. The van der Waals surface area contributed by atoms with Crippen LogP contribution in [-0.4, -0.2) is 27.9 Å². The molecule has 9 heteroatoms. The molecule has 2 aromatic carbocycles. The van der Waals surface area contributed by atoms with E-state index in [1.165, 1.54) is 0 Å². The molecule has 0 spiro atoms. The first-order valence-corrected chi connectivity index (χ1v) is 10.6.